The molecular formula is C8H14N2O3. The SMILES string of the molecule is CON1C(=N)C(C(C)(C)C)OC1=O. The van der Waals surface area contributed by atoms with E-state index >= 15 is 0 Å². The predicted octanol–water partition coefficient (Wildman–Crippen LogP) is 1.39. The zero-order valence-corrected chi connectivity index (χ0v) is 8.25. The van der Waals surface area contributed by atoms with Gasteiger partial charge in [-0.25, -0.2) is 4.79 Å². The molecule has 1 N–H and O–H groups in total. The van der Waals surface area contributed by atoms with Gasteiger partial charge in [-0.15, -0.1) is 5.06 Å². The highest BCUT2D eigenvalue weighted by atomic mass is 16.7. The first-order valence-electron chi connectivity index (χ1n) is 4.01. The van der Waals surface area contributed by atoms with Crippen molar-refractivity contribution in [2.45, 2.75) is 26.9 Å². The molecule has 1 unspecified atom stereocenters. The highest BCUT2D eigenvalue weighted by Gasteiger charge is 2.44. The lowest BCUT2D eigenvalue weighted by Gasteiger charge is -2.23. The van der Waals surface area contributed by atoms with Crippen LogP contribution in [0.4, 0.5) is 4.79 Å². The highest BCUT2D eigenvalue weighted by molar-refractivity contribution is 6.00. The Hall–Kier alpha value is -1.10. The van der Waals surface area contributed by atoms with Crippen molar-refractivity contribution in [3.8, 4) is 0 Å². The maximum atomic E-state index is 11.1. The molecule has 1 aliphatic heterocycles. The molecule has 0 spiro atoms. The van der Waals surface area contributed by atoms with Crippen LogP contribution < -0.4 is 0 Å². The first-order chi connectivity index (χ1) is 5.88. The lowest BCUT2D eigenvalue weighted by Crippen LogP contribution is -2.36. The van der Waals surface area contributed by atoms with E-state index in [0.29, 0.717) is 0 Å². The number of cyclic esters (lactones) is 1. The summed E-state index contributed by atoms with van der Waals surface area (Å²) in [6.45, 7) is 5.70. The molecule has 1 rings (SSSR count). The second kappa shape index (κ2) is 2.99. The number of hydrogen-bond donors (Lipinski definition) is 1. The quantitative estimate of drug-likeness (QED) is 0.673. The van der Waals surface area contributed by atoms with Crippen LogP contribution in [0.25, 0.3) is 0 Å². The number of carbonyl (C=O) groups is 1. The van der Waals surface area contributed by atoms with E-state index in [-0.39, 0.29) is 11.3 Å². The van der Waals surface area contributed by atoms with Gasteiger partial charge in [0, 0.05) is 5.41 Å². The molecule has 1 saturated heterocycles. The third-order valence-corrected chi connectivity index (χ3v) is 1.82. The average Bonchev–Trinajstić information content (AvgIpc) is 2.25. The van der Waals surface area contributed by atoms with Crippen molar-refractivity contribution in [2.24, 2.45) is 5.41 Å². The number of nitrogens with zero attached hydrogens (tertiary/aromatic N) is 1. The van der Waals surface area contributed by atoms with Crippen molar-refractivity contribution in [2.75, 3.05) is 7.11 Å². The number of amides is 1. The Balaban J connectivity index is 2.85. The third kappa shape index (κ3) is 1.65. The van der Waals surface area contributed by atoms with Crippen LogP contribution in [-0.4, -0.2) is 30.2 Å². The van der Waals surface area contributed by atoms with Gasteiger partial charge in [0.05, 0.1) is 7.11 Å². The lowest BCUT2D eigenvalue weighted by molar-refractivity contribution is -0.0342. The number of carbonyl (C=O) groups excluding carboxylic acids is 1. The van der Waals surface area contributed by atoms with Crippen LogP contribution in [0, 0.1) is 10.8 Å². The summed E-state index contributed by atoms with van der Waals surface area (Å²) in [5.74, 6) is 0.0556. The van der Waals surface area contributed by atoms with Crippen LogP contribution in [0.2, 0.25) is 0 Å². The van der Waals surface area contributed by atoms with Gasteiger partial charge in [-0.1, -0.05) is 20.8 Å². The number of amidine groups is 1. The summed E-state index contributed by atoms with van der Waals surface area (Å²) < 4.78 is 4.98. The van der Waals surface area contributed by atoms with Crippen LogP contribution in [0.3, 0.4) is 0 Å². The standard InChI is InChI=1S/C8H14N2O3/c1-8(2,3)5-6(9)10(12-4)7(11)13-5/h5,9H,1-4H3. The molecule has 0 aliphatic carbocycles. The Morgan fingerprint density at radius 1 is 1.54 bits per heavy atom. The summed E-state index contributed by atoms with van der Waals surface area (Å²) >= 11 is 0. The smallest absolute Gasteiger partial charge is 0.435 e. The lowest BCUT2D eigenvalue weighted by atomic mass is 9.88. The van der Waals surface area contributed by atoms with Gasteiger partial charge in [0.25, 0.3) is 0 Å². The summed E-state index contributed by atoms with van der Waals surface area (Å²) in [7, 11) is 1.33. The number of rotatable bonds is 1. The molecule has 0 saturated carbocycles. The fourth-order valence-electron chi connectivity index (χ4n) is 1.17. The van der Waals surface area contributed by atoms with Crippen molar-refractivity contribution in [1.82, 2.24) is 5.06 Å². The molecule has 1 heterocycles. The van der Waals surface area contributed by atoms with E-state index in [9.17, 15) is 4.79 Å². The molecule has 5 heteroatoms. The van der Waals surface area contributed by atoms with Crippen LogP contribution in [0.1, 0.15) is 20.8 Å². The topological polar surface area (TPSA) is 62.6 Å². The first-order valence-corrected chi connectivity index (χ1v) is 4.01. The molecule has 0 bridgehead atoms. The molecule has 5 nitrogen and oxygen atoms in total. The van der Waals surface area contributed by atoms with E-state index < -0.39 is 12.2 Å². The monoisotopic (exact) mass is 186 g/mol. The minimum atomic E-state index is -0.618. The fraction of sp³-hybridized carbons (Fsp3) is 0.750. The van der Waals surface area contributed by atoms with Gasteiger partial charge in [-0.3, -0.25) is 10.2 Å². The second-order valence-corrected chi connectivity index (χ2v) is 3.99. The third-order valence-electron chi connectivity index (χ3n) is 1.82. The van der Waals surface area contributed by atoms with Gasteiger partial charge in [-0.05, 0) is 0 Å². The maximum Gasteiger partial charge on any atom is 0.440 e. The zero-order valence-electron chi connectivity index (χ0n) is 8.25. The van der Waals surface area contributed by atoms with E-state index in [1.54, 1.807) is 0 Å². The van der Waals surface area contributed by atoms with Crippen LogP contribution in [-0.2, 0) is 9.57 Å². The Morgan fingerprint density at radius 2 is 2.08 bits per heavy atom. The minimum Gasteiger partial charge on any atom is -0.435 e. The summed E-state index contributed by atoms with van der Waals surface area (Å²) in [5.41, 5.74) is -0.278. The zero-order chi connectivity index (χ0) is 10.2. The normalized spacial score (nSPS) is 23.7. The van der Waals surface area contributed by atoms with E-state index in [4.69, 9.17) is 15.0 Å². The summed E-state index contributed by atoms with van der Waals surface area (Å²) in [6.07, 6.45) is -1.15. The minimum absolute atomic E-state index is 0.0556. The number of hydrogen-bond acceptors (Lipinski definition) is 4. The van der Waals surface area contributed by atoms with E-state index in [2.05, 4.69) is 0 Å². The van der Waals surface area contributed by atoms with Crippen LogP contribution in [0.15, 0.2) is 0 Å². The Labute approximate surface area is 77.1 Å². The largest absolute Gasteiger partial charge is 0.440 e. The molecule has 74 valence electrons. The van der Waals surface area contributed by atoms with E-state index in [1.165, 1.54) is 7.11 Å². The van der Waals surface area contributed by atoms with Gasteiger partial charge in [0.15, 0.2) is 11.9 Å². The van der Waals surface area contributed by atoms with E-state index in [1.807, 2.05) is 20.8 Å². The molecule has 13 heavy (non-hydrogen) atoms. The van der Waals surface area contributed by atoms with Gasteiger partial charge in [-0.2, -0.15) is 0 Å². The highest BCUT2D eigenvalue weighted by Crippen LogP contribution is 2.29. The summed E-state index contributed by atoms with van der Waals surface area (Å²) in [4.78, 5) is 15.8. The van der Waals surface area contributed by atoms with Crippen LogP contribution >= 0.6 is 0 Å². The van der Waals surface area contributed by atoms with Gasteiger partial charge in [0.1, 0.15) is 0 Å². The Morgan fingerprint density at radius 3 is 2.31 bits per heavy atom. The van der Waals surface area contributed by atoms with Crippen molar-refractivity contribution in [1.29, 1.82) is 5.41 Å². The molecule has 0 aromatic rings. The van der Waals surface area contributed by atoms with Crippen molar-refractivity contribution in [3.63, 3.8) is 0 Å². The molecule has 0 aromatic heterocycles. The fourth-order valence-corrected chi connectivity index (χ4v) is 1.17. The van der Waals surface area contributed by atoms with Gasteiger partial charge in [0.2, 0.25) is 0 Å². The Bertz CT molecular complexity index is 244. The van der Waals surface area contributed by atoms with E-state index in [0.717, 1.165) is 5.06 Å². The van der Waals surface area contributed by atoms with Gasteiger partial charge >= 0.3 is 6.09 Å². The van der Waals surface area contributed by atoms with Crippen molar-refractivity contribution >= 4 is 11.9 Å². The molecule has 1 aliphatic rings. The molecule has 1 atom stereocenters. The van der Waals surface area contributed by atoms with Crippen molar-refractivity contribution in [3.05, 3.63) is 0 Å². The molecule has 0 radical (unpaired) electrons. The predicted molar refractivity (Wildman–Crippen MR) is 46.3 cm³/mol. The number of ether oxygens (including phenoxy) is 1. The van der Waals surface area contributed by atoms with Crippen LogP contribution in [0.5, 0.6) is 0 Å². The Kier molecular flexibility index (Phi) is 2.30. The second-order valence-electron chi connectivity index (χ2n) is 3.99. The molecule has 1 amide bonds. The summed E-state index contributed by atoms with van der Waals surface area (Å²) in [5, 5.41) is 8.46. The van der Waals surface area contributed by atoms with Crippen molar-refractivity contribution < 1.29 is 14.4 Å². The number of hydroxylamine groups is 2. The molecule has 1 fully saturated rings. The number of nitrogens with one attached hydrogen (secondary N) is 1. The average molecular weight is 186 g/mol. The first kappa shape index (κ1) is 9.98. The molecule has 0 aromatic carbocycles. The molecular weight excluding hydrogens is 172 g/mol. The van der Waals surface area contributed by atoms with Gasteiger partial charge < -0.3 is 4.74 Å². The maximum absolute atomic E-state index is 11.1. The summed E-state index contributed by atoms with van der Waals surface area (Å²) in [6, 6.07) is 0.